The van der Waals surface area contributed by atoms with Crippen molar-refractivity contribution in [3.63, 3.8) is 0 Å². The summed E-state index contributed by atoms with van der Waals surface area (Å²) in [6.45, 7) is 26.8. The van der Waals surface area contributed by atoms with Crippen LogP contribution < -0.4 is 0 Å². The molecule has 6 aliphatic rings. The standard InChI is InChI=1S/C50H86N4/c1-3-5-7-9-11-13-15-17-19-23-30-51-32-38-53(39-33-51,40-34-51)45-47-26-25-28-48(44-47)50-29-22-21-27-49(50)46-54-41-35-52(36-42-54,37-43-54)31-24-20-18-16-14-12-10-8-6-4-2/h21-22,25-29,44H,3-20,23-24,30-43,45-46H2,1-2H3/q+4. The van der Waals surface area contributed by atoms with Crippen LogP contribution in [0.15, 0.2) is 48.5 Å². The Balaban J connectivity index is 0.929. The second-order valence-corrected chi connectivity index (χ2v) is 19.5. The molecule has 0 aromatic heterocycles. The summed E-state index contributed by atoms with van der Waals surface area (Å²) in [4.78, 5) is 0. The quantitative estimate of drug-likeness (QED) is 0.0632. The molecule has 4 bridgehead atoms. The van der Waals surface area contributed by atoms with E-state index in [4.69, 9.17) is 0 Å². The molecule has 0 saturated carbocycles. The first-order chi connectivity index (χ1) is 26.5. The highest BCUT2D eigenvalue weighted by Gasteiger charge is 2.50. The summed E-state index contributed by atoms with van der Waals surface area (Å²) in [6.07, 6.45) is 29.0. The highest BCUT2D eigenvalue weighted by Crippen LogP contribution is 2.35. The molecule has 4 heteroatoms. The predicted octanol–water partition coefficient (Wildman–Crippen LogP) is 11.5. The Morgan fingerprint density at radius 1 is 0.370 bits per heavy atom. The highest BCUT2D eigenvalue weighted by molar-refractivity contribution is 5.67. The van der Waals surface area contributed by atoms with Gasteiger partial charge in [-0.25, -0.2) is 0 Å². The second-order valence-electron chi connectivity index (χ2n) is 19.5. The van der Waals surface area contributed by atoms with Gasteiger partial charge in [0, 0.05) is 11.1 Å². The molecule has 6 heterocycles. The number of unbranched alkanes of at least 4 members (excludes halogenated alkanes) is 18. The van der Waals surface area contributed by atoms with E-state index in [1.54, 1.807) is 11.1 Å². The Morgan fingerprint density at radius 2 is 0.759 bits per heavy atom. The van der Waals surface area contributed by atoms with Gasteiger partial charge in [0.2, 0.25) is 0 Å². The van der Waals surface area contributed by atoms with Crippen LogP contribution in [0.25, 0.3) is 11.1 Å². The number of nitrogens with zero attached hydrogens (tertiary/aromatic N) is 4. The molecule has 6 fully saturated rings. The fraction of sp³-hybridized carbons (Fsp3) is 0.760. The summed E-state index contributed by atoms with van der Waals surface area (Å²) in [5, 5.41) is 0. The largest absolute Gasteiger partial charge is 0.310 e. The van der Waals surface area contributed by atoms with E-state index < -0.39 is 0 Å². The number of piperazine rings is 6. The second kappa shape index (κ2) is 21.2. The molecule has 0 N–H and O–H groups in total. The van der Waals surface area contributed by atoms with Gasteiger partial charge in [0.05, 0.1) is 13.1 Å². The Kier molecular flexibility index (Phi) is 16.4. The van der Waals surface area contributed by atoms with Crippen LogP contribution in [0, 0.1) is 0 Å². The van der Waals surface area contributed by atoms with Crippen molar-refractivity contribution in [1.82, 2.24) is 0 Å². The van der Waals surface area contributed by atoms with Gasteiger partial charge in [-0.3, -0.25) is 0 Å². The molecule has 0 unspecified atom stereocenters. The van der Waals surface area contributed by atoms with Crippen molar-refractivity contribution >= 4 is 0 Å². The van der Waals surface area contributed by atoms with Gasteiger partial charge in [0.1, 0.15) is 91.6 Å². The Labute approximate surface area is 334 Å². The number of hydrogen-bond donors (Lipinski definition) is 0. The first kappa shape index (κ1) is 41.9. The first-order valence-corrected chi connectivity index (χ1v) is 24.1. The van der Waals surface area contributed by atoms with Crippen molar-refractivity contribution in [3.8, 4) is 11.1 Å². The van der Waals surface area contributed by atoms with Crippen molar-refractivity contribution in [2.24, 2.45) is 0 Å². The van der Waals surface area contributed by atoms with Crippen LogP contribution in [0.1, 0.15) is 153 Å². The van der Waals surface area contributed by atoms with Crippen LogP contribution in [0.3, 0.4) is 0 Å². The maximum absolute atomic E-state index is 2.59. The Morgan fingerprint density at radius 3 is 1.22 bits per heavy atom. The van der Waals surface area contributed by atoms with Crippen molar-refractivity contribution in [1.29, 1.82) is 0 Å². The smallest absolute Gasteiger partial charge is 0.129 e. The molecule has 6 aliphatic heterocycles. The lowest BCUT2D eigenvalue weighted by molar-refractivity contribution is -1.09. The maximum atomic E-state index is 2.59. The molecule has 6 saturated heterocycles. The highest BCUT2D eigenvalue weighted by atomic mass is 15.5. The molecule has 0 amide bonds. The monoisotopic (exact) mass is 743 g/mol. The molecule has 0 aliphatic carbocycles. The SMILES string of the molecule is CCCCCCCCCCCC[N+]12CC[N+](Cc3cccc(-c4ccccc4C[N+]45CC[N+](CCCCCCCCCCCC)(CC4)CC5)c3)(CC1)CC2. The van der Waals surface area contributed by atoms with E-state index in [1.165, 1.54) is 262 Å². The van der Waals surface area contributed by atoms with Gasteiger partial charge in [-0.05, 0) is 42.9 Å². The summed E-state index contributed by atoms with van der Waals surface area (Å²) in [7, 11) is 0. The third-order valence-corrected chi connectivity index (χ3v) is 15.5. The third kappa shape index (κ3) is 11.9. The van der Waals surface area contributed by atoms with Crippen molar-refractivity contribution < 1.29 is 17.9 Å². The zero-order chi connectivity index (χ0) is 37.4. The third-order valence-electron chi connectivity index (χ3n) is 15.5. The summed E-state index contributed by atoms with van der Waals surface area (Å²) in [5.74, 6) is 0. The van der Waals surface area contributed by atoms with E-state index in [2.05, 4.69) is 62.4 Å². The summed E-state index contributed by atoms with van der Waals surface area (Å²) in [5.41, 5.74) is 6.11. The van der Waals surface area contributed by atoms with Crippen LogP contribution in [-0.4, -0.2) is 110 Å². The average molecular weight is 743 g/mol. The summed E-state index contributed by atoms with van der Waals surface area (Å²) >= 11 is 0. The minimum atomic E-state index is 1.22. The fourth-order valence-electron chi connectivity index (χ4n) is 11.4. The minimum absolute atomic E-state index is 1.22. The number of quaternary nitrogens is 4. The predicted molar refractivity (Wildman–Crippen MR) is 232 cm³/mol. The lowest BCUT2D eigenvalue weighted by Crippen LogP contribution is -2.74. The normalized spacial score (nSPS) is 27.5. The molecule has 0 radical (unpaired) electrons. The Bertz CT molecular complexity index is 1320. The average Bonchev–Trinajstić information content (AvgIpc) is 3.21. The topological polar surface area (TPSA) is 0 Å². The molecule has 0 atom stereocenters. The number of fused-ring (bicyclic) bond motifs is 6. The van der Waals surface area contributed by atoms with Crippen molar-refractivity contribution in [2.45, 2.75) is 155 Å². The van der Waals surface area contributed by atoms with Crippen LogP contribution >= 0.6 is 0 Å². The zero-order valence-electron chi connectivity index (χ0n) is 35.9. The van der Waals surface area contributed by atoms with Gasteiger partial charge in [-0.1, -0.05) is 159 Å². The number of benzene rings is 2. The fourth-order valence-corrected chi connectivity index (χ4v) is 11.4. The minimum Gasteiger partial charge on any atom is -0.310 e. The molecule has 2 aromatic rings. The van der Waals surface area contributed by atoms with E-state index in [-0.39, 0.29) is 0 Å². The van der Waals surface area contributed by atoms with E-state index in [9.17, 15) is 0 Å². The molecule has 2 aromatic carbocycles. The van der Waals surface area contributed by atoms with E-state index >= 15 is 0 Å². The van der Waals surface area contributed by atoms with Crippen LogP contribution in [-0.2, 0) is 13.1 Å². The number of hydrogen-bond acceptors (Lipinski definition) is 0. The van der Waals surface area contributed by atoms with Crippen LogP contribution in [0.4, 0.5) is 0 Å². The Hall–Kier alpha value is -1.72. The molecule has 0 spiro atoms. The zero-order valence-corrected chi connectivity index (χ0v) is 35.9. The lowest BCUT2D eigenvalue weighted by atomic mass is 9.95. The van der Waals surface area contributed by atoms with Gasteiger partial charge in [0.15, 0.2) is 0 Å². The van der Waals surface area contributed by atoms with Crippen LogP contribution in [0.2, 0.25) is 0 Å². The maximum Gasteiger partial charge on any atom is 0.129 e. The van der Waals surface area contributed by atoms with Gasteiger partial charge in [0.25, 0.3) is 0 Å². The van der Waals surface area contributed by atoms with E-state index in [1.807, 2.05) is 0 Å². The molecular formula is C50H86N4+4. The lowest BCUT2D eigenvalue weighted by Gasteiger charge is -2.56. The first-order valence-electron chi connectivity index (χ1n) is 24.1. The van der Waals surface area contributed by atoms with Gasteiger partial charge >= 0.3 is 0 Å². The van der Waals surface area contributed by atoms with Crippen molar-refractivity contribution in [3.05, 3.63) is 59.7 Å². The summed E-state index contributed by atoms with van der Waals surface area (Å²) < 4.78 is 5.53. The van der Waals surface area contributed by atoms with Gasteiger partial charge in [-0.15, -0.1) is 0 Å². The van der Waals surface area contributed by atoms with Crippen LogP contribution in [0.5, 0.6) is 0 Å². The molecule has 8 rings (SSSR count). The van der Waals surface area contributed by atoms with E-state index in [0.29, 0.717) is 0 Å². The van der Waals surface area contributed by atoms with Crippen molar-refractivity contribution in [2.75, 3.05) is 91.6 Å². The molecular weight excluding hydrogens is 657 g/mol. The van der Waals surface area contributed by atoms with Gasteiger partial charge in [-0.2, -0.15) is 0 Å². The van der Waals surface area contributed by atoms with E-state index in [0.717, 1.165) is 0 Å². The van der Waals surface area contributed by atoms with Gasteiger partial charge < -0.3 is 17.9 Å². The molecule has 302 valence electrons. The molecule has 54 heavy (non-hydrogen) atoms. The molecule has 4 nitrogen and oxygen atoms in total. The summed E-state index contributed by atoms with van der Waals surface area (Å²) in [6, 6.07) is 19.3. The number of rotatable bonds is 27.